The van der Waals surface area contributed by atoms with Gasteiger partial charge in [0.15, 0.2) is 23.6 Å². The van der Waals surface area contributed by atoms with Crippen molar-refractivity contribution in [3.63, 3.8) is 0 Å². The number of nitrogens with two attached hydrogens (primary N) is 2. The van der Waals surface area contributed by atoms with Crippen LogP contribution >= 0.6 is 0 Å². The average molecular weight is 383 g/mol. The molecule has 0 fully saturated rings. The Morgan fingerprint density at radius 1 is 1.11 bits per heavy atom. The lowest BCUT2D eigenvalue weighted by Crippen LogP contribution is -2.52. The van der Waals surface area contributed by atoms with E-state index in [0.29, 0.717) is 29.2 Å². The normalized spacial score (nSPS) is 20.7. The van der Waals surface area contributed by atoms with E-state index in [0.717, 1.165) is 23.3 Å². The van der Waals surface area contributed by atoms with Crippen LogP contribution in [0.3, 0.4) is 0 Å². The largest absolute Gasteiger partial charge is 0.470 e. The first-order chi connectivity index (χ1) is 13.4. The van der Waals surface area contributed by atoms with Crippen molar-refractivity contribution in [3.05, 3.63) is 83.1 Å². The molecule has 28 heavy (non-hydrogen) atoms. The van der Waals surface area contributed by atoms with Gasteiger partial charge in [-0.15, -0.1) is 0 Å². The summed E-state index contributed by atoms with van der Waals surface area (Å²) < 4.78 is 38.2. The second-order valence-electron chi connectivity index (χ2n) is 6.70. The summed E-state index contributed by atoms with van der Waals surface area (Å²) in [5.74, 6) is -1.51. The van der Waals surface area contributed by atoms with E-state index in [2.05, 4.69) is 4.98 Å². The maximum absolute atomic E-state index is 13.8. The first-order valence-corrected chi connectivity index (χ1v) is 8.69. The van der Waals surface area contributed by atoms with E-state index >= 15 is 0 Å². The number of methoxy groups -OCH3 is 1. The second-order valence-corrected chi connectivity index (χ2v) is 6.70. The van der Waals surface area contributed by atoms with Gasteiger partial charge < -0.3 is 15.2 Å². The molecule has 4 rings (SSSR count). The zero-order valence-corrected chi connectivity index (χ0v) is 15.2. The zero-order chi connectivity index (χ0) is 19.9. The Morgan fingerprint density at radius 3 is 2.54 bits per heavy atom. The molecule has 1 aliphatic heterocycles. The Morgan fingerprint density at radius 2 is 1.86 bits per heavy atom. The molecule has 2 unspecified atom stereocenters. The summed E-state index contributed by atoms with van der Waals surface area (Å²) >= 11 is 0. The van der Waals surface area contributed by atoms with Crippen LogP contribution in [0.25, 0.3) is 11.3 Å². The van der Waals surface area contributed by atoms with Crippen molar-refractivity contribution in [2.45, 2.75) is 18.4 Å². The standard InChI is InChI=1S/C21H19F2N3O2/c1-27-11-12-2-4-13(5-3-12)18-19-15(8-9-26-18)21(25,20(24)28-19)14-6-7-16(22)17(23)10-14/h2-10,20H,11,24-25H2,1H3. The van der Waals surface area contributed by atoms with Crippen molar-refractivity contribution in [1.29, 1.82) is 0 Å². The average Bonchev–Trinajstić information content (AvgIpc) is 2.96. The third-order valence-corrected chi connectivity index (χ3v) is 4.98. The fourth-order valence-electron chi connectivity index (χ4n) is 3.47. The molecule has 4 N–H and O–H groups in total. The number of nitrogens with zero attached hydrogens (tertiary/aromatic N) is 1. The van der Waals surface area contributed by atoms with E-state index in [-0.39, 0.29) is 0 Å². The first-order valence-electron chi connectivity index (χ1n) is 8.69. The topological polar surface area (TPSA) is 83.4 Å². The maximum Gasteiger partial charge on any atom is 0.174 e. The van der Waals surface area contributed by atoms with E-state index in [4.69, 9.17) is 20.9 Å². The van der Waals surface area contributed by atoms with Gasteiger partial charge in [-0.05, 0) is 29.3 Å². The van der Waals surface area contributed by atoms with Crippen molar-refractivity contribution in [3.8, 4) is 17.0 Å². The highest BCUT2D eigenvalue weighted by Gasteiger charge is 2.47. The quantitative estimate of drug-likeness (QED) is 0.724. The molecule has 144 valence electrons. The molecule has 2 atom stereocenters. The molecule has 0 saturated carbocycles. The van der Waals surface area contributed by atoms with Crippen LogP contribution in [0.15, 0.2) is 54.7 Å². The summed E-state index contributed by atoms with van der Waals surface area (Å²) in [5, 5.41) is 0. The van der Waals surface area contributed by atoms with Gasteiger partial charge in [-0.2, -0.15) is 0 Å². The van der Waals surface area contributed by atoms with Crippen LogP contribution in [0, 0.1) is 11.6 Å². The first kappa shape index (κ1) is 18.5. The molecule has 2 heterocycles. The highest BCUT2D eigenvalue weighted by molar-refractivity contribution is 5.71. The third-order valence-electron chi connectivity index (χ3n) is 4.98. The number of aromatic nitrogens is 1. The van der Waals surface area contributed by atoms with Crippen LogP contribution in [0.1, 0.15) is 16.7 Å². The smallest absolute Gasteiger partial charge is 0.174 e. The highest BCUT2D eigenvalue weighted by atomic mass is 19.2. The summed E-state index contributed by atoms with van der Waals surface area (Å²) in [6.07, 6.45) is 0.614. The molecule has 0 bridgehead atoms. The summed E-state index contributed by atoms with van der Waals surface area (Å²) in [4.78, 5) is 4.42. The zero-order valence-electron chi connectivity index (χ0n) is 15.2. The Kier molecular flexibility index (Phi) is 4.58. The Bertz CT molecular complexity index is 1030. The number of fused-ring (bicyclic) bond motifs is 1. The Labute approximate surface area is 160 Å². The lowest BCUT2D eigenvalue weighted by atomic mass is 9.83. The van der Waals surface area contributed by atoms with Gasteiger partial charge in [0, 0.05) is 24.4 Å². The Balaban J connectivity index is 1.81. The van der Waals surface area contributed by atoms with Crippen LogP contribution in [0.4, 0.5) is 8.78 Å². The number of halogens is 2. The monoisotopic (exact) mass is 383 g/mol. The van der Waals surface area contributed by atoms with Gasteiger partial charge in [0.05, 0.1) is 6.61 Å². The van der Waals surface area contributed by atoms with Crippen molar-refractivity contribution >= 4 is 0 Å². The van der Waals surface area contributed by atoms with Crippen LogP contribution in [-0.4, -0.2) is 18.3 Å². The van der Waals surface area contributed by atoms with E-state index in [1.165, 1.54) is 6.07 Å². The van der Waals surface area contributed by atoms with Crippen LogP contribution in [-0.2, 0) is 16.9 Å². The minimum absolute atomic E-state index is 0.324. The van der Waals surface area contributed by atoms with Crippen LogP contribution in [0.2, 0.25) is 0 Å². The van der Waals surface area contributed by atoms with Gasteiger partial charge in [0.1, 0.15) is 11.2 Å². The minimum Gasteiger partial charge on any atom is -0.470 e. The number of ether oxygens (including phenoxy) is 2. The molecule has 0 spiro atoms. The molecule has 5 nitrogen and oxygen atoms in total. The van der Waals surface area contributed by atoms with Crippen LogP contribution in [0.5, 0.6) is 5.75 Å². The molecule has 1 aromatic heterocycles. The fraction of sp³-hybridized carbons (Fsp3) is 0.190. The van der Waals surface area contributed by atoms with Crippen LogP contribution < -0.4 is 16.2 Å². The predicted octanol–water partition coefficient (Wildman–Crippen LogP) is 3.05. The number of benzene rings is 2. The van der Waals surface area contributed by atoms with E-state index < -0.39 is 23.4 Å². The SMILES string of the molecule is COCc1ccc(-c2nccc3c2OC(N)C3(N)c2ccc(F)c(F)c2)cc1. The van der Waals surface area contributed by atoms with Gasteiger partial charge in [0.2, 0.25) is 0 Å². The van der Waals surface area contributed by atoms with E-state index in [1.807, 2.05) is 24.3 Å². The number of rotatable bonds is 4. The third kappa shape index (κ3) is 2.84. The predicted molar refractivity (Wildman–Crippen MR) is 100 cm³/mol. The van der Waals surface area contributed by atoms with Crippen molar-refractivity contribution in [2.75, 3.05) is 7.11 Å². The number of hydrogen-bond acceptors (Lipinski definition) is 5. The molecule has 0 radical (unpaired) electrons. The molecule has 0 saturated heterocycles. The molecule has 2 aromatic carbocycles. The maximum atomic E-state index is 13.8. The van der Waals surface area contributed by atoms with Gasteiger partial charge in [-0.25, -0.2) is 8.78 Å². The number of pyridine rings is 1. The fourth-order valence-corrected chi connectivity index (χ4v) is 3.47. The van der Waals surface area contributed by atoms with Gasteiger partial charge in [-0.3, -0.25) is 10.7 Å². The molecule has 0 amide bonds. The molecule has 0 aliphatic carbocycles. The lowest BCUT2D eigenvalue weighted by molar-refractivity contribution is 0.177. The second kappa shape index (κ2) is 6.94. The van der Waals surface area contributed by atoms with Gasteiger partial charge in [0.25, 0.3) is 0 Å². The summed E-state index contributed by atoms with van der Waals surface area (Å²) in [6, 6.07) is 12.8. The van der Waals surface area contributed by atoms with E-state index in [9.17, 15) is 8.78 Å². The lowest BCUT2D eigenvalue weighted by Gasteiger charge is -2.28. The van der Waals surface area contributed by atoms with Gasteiger partial charge >= 0.3 is 0 Å². The van der Waals surface area contributed by atoms with Crippen molar-refractivity contribution < 1.29 is 18.3 Å². The van der Waals surface area contributed by atoms with Gasteiger partial charge in [-0.1, -0.05) is 30.3 Å². The Hall–Kier alpha value is -2.87. The molecular formula is C21H19F2N3O2. The van der Waals surface area contributed by atoms with Crippen molar-refractivity contribution in [1.82, 2.24) is 4.98 Å². The summed E-state index contributed by atoms with van der Waals surface area (Å²) in [7, 11) is 1.63. The number of hydrogen-bond donors (Lipinski definition) is 2. The van der Waals surface area contributed by atoms with Crippen molar-refractivity contribution in [2.24, 2.45) is 11.5 Å². The summed E-state index contributed by atoms with van der Waals surface area (Å²) in [6.45, 7) is 0.504. The molecule has 3 aromatic rings. The van der Waals surface area contributed by atoms with E-state index in [1.54, 1.807) is 19.4 Å². The minimum atomic E-state index is -1.34. The molecule has 1 aliphatic rings. The molecular weight excluding hydrogens is 364 g/mol. The summed E-state index contributed by atoms with van der Waals surface area (Å²) in [5.41, 5.74) is 14.7. The molecule has 7 heteroatoms. The highest BCUT2D eigenvalue weighted by Crippen LogP contribution is 2.46.